The van der Waals surface area contributed by atoms with Crippen LogP contribution in [0.2, 0.25) is 0 Å². The van der Waals surface area contributed by atoms with Crippen LogP contribution < -0.4 is 5.32 Å². The van der Waals surface area contributed by atoms with Crippen LogP contribution in [0.15, 0.2) is 24.5 Å². The second-order valence-electron chi connectivity index (χ2n) is 4.32. The average molecular weight is 273 g/mol. The molecule has 0 aromatic carbocycles. The van der Waals surface area contributed by atoms with Gasteiger partial charge in [0.15, 0.2) is 5.65 Å². The Hall–Kier alpha value is -1.95. The first-order chi connectivity index (χ1) is 9.26. The van der Waals surface area contributed by atoms with Gasteiger partial charge in [0.25, 0.3) is 0 Å². The van der Waals surface area contributed by atoms with Gasteiger partial charge >= 0.3 is 0 Å². The Labute approximate surface area is 115 Å². The van der Waals surface area contributed by atoms with Crippen LogP contribution in [0.1, 0.15) is 22.4 Å². The van der Waals surface area contributed by atoms with Crippen molar-refractivity contribution in [2.24, 2.45) is 0 Å². The molecule has 0 spiro atoms. The molecule has 0 aliphatic rings. The van der Waals surface area contributed by atoms with Crippen LogP contribution in [0.4, 0.5) is 5.95 Å². The van der Waals surface area contributed by atoms with E-state index in [4.69, 9.17) is 0 Å². The van der Waals surface area contributed by atoms with Gasteiger partial charge in [-0.2, -0.15) is 4.98 Å². The number of aryl methyl sites for hydroxylation is 2. The minimum absolute atomic E-state index is 0.641. The molecule has 5 nitrogen and oxygen atoms in total. The fourth-order valence-corrected chi connectivity index (χ4v) is 2.66. The molecule has 0 saturated carbocycles. The molecule has 3 aromatic heterocycles. The standard InChI is InChI=1S/C13H15N5S/c1-3-10-7-14-11(19-10)8-15-13-16-12-9(2)5-4-6-18(12)17-13/h4-7H,3,8H2,1-2H3,(H,15,17). The number of nitrogens with zero attached hydrogens (tertiary/aromatic N) is 4. The van der Waals surface area contributed by atoms with Crippen molar-refractivity contribution in [2.45, 2.75) is 26.8 Å². The van der Waals surface area contributed by atoms with Gasteiger partial charge in [0.2, 0.25) is 5.95 Å². The molecule has 6 heteroatoms. The molecule has 0 aliphatic carbocycles. The van der Waals surface area contributed by atoms with Gasteiger partial charge in [-0.1, -0.05) is 13.0 Å². The van der Waals surface area contributed by atoms with Crippen LogP contribution in [-0.4, -0.2) is 19.6 Å². The molecule has 19 heavy (non-hydrogen) atoms. The molecule has 98 valence electrons. The fourth-order valence-electron chi connectivity index (χ4n) is 1.86. The SMILES string of the molecule is CCc1cnc(CNc2nc3c(C)cccn3n2)s1. The predicted molar refractivity (Wildman–Crippen MR) is 76.5 cm³/mol. The van der Waals surface area contributed by atoms with Crippen LogP contribution in [0, 0.1) is 6.92 Å². The monoisotopic (exact) mass is 273 g/mol. The lowest BCUT2D eigenvalue weighted by Crippen LogP contribution is -2.00. The maximum Gasteiger partial charge on any atom is 0.243 e. The number of anilines is 1. The van der Waals surface area contributed by atoms with Crippen LogP contribution in [0.5, 0.6) is 0 Å². The van der Waals surface area contributed by atoms with Gasteiger partial charge < -0.3 is 5.32 Å². The topological polar surface area (TPSA) is 55.1 Å². The molecule has 0 fully saturated rings. The Balaban J connectivity index is 1.76. The third-order valence-corrected chi connectivity index (χ3v) is 4.05. The number of thiazole rings is 1. The van der Waals surface area contributed by atoms with Crippen LogP contribution in [0.25, 0.3) is 5.65 Å². The first-order valence-electron chi connectivity index (χ1n) is 6.25. The third kappa shape index (κ3) is 2.44. The lowest BCUT2D eigenvalue weighted by atomic mass is 10.3. The molecule has 3 heterocycles. The Bertz CT molecular complexity index is 700. The summed E-state index contributed by atoms with van der Waals surface area (Å²) in [5.74, 6) is 0.641. The van der Waals surface area contributed by atoms with E-state index in [-0.39, 0.29) is 0 Å². The van der Waals surface area contributed by atoms with E-state index in [1.807, 2.05) is 31.5 Å². The normalized spacial score (nSPS) is 11.1. The minimum Gasteiger partial charge on any atom is -0.346 e. The van der Waals surface area contributed by atoms with E-state index in [9.17, 15) is 0 Å². The second kappa shape index (κ2) is 4.97. The molecule has 3 aromatic rings. The van der Waals surface area contributed by atoms with E-state index in [2.05, 4.69) is 27.3 Å². The summed E-state index contributed by atoms with van der Waals surface area (Å²) >= 11 is 1.73. The van der Waals surface area contributed by atoms with Gasteiger partial charge in [-0.3, -0.25) is 0 Å². The summed E-state index contributed by atoms with van der Waals surface area (Å²) in [4.78, 5) is 10.1. The number of aromatic nitrogens is 4. The van der Waals surface area contributed by atoms with E-state index >= 15 is 0 Å². The van der Waals surface area contributed by atoms with E-state index in [0.29, 0.717) is 12.5 Å². The highest BCUT2D eigenvalue weighted by Crippen LogP contribution is 2.15. The predicted octanol–water partition coefficient (Wildman–Crippen LogP) is 2.67. The van der Waals surface area contributed by atoms with Gasteiger partial charge in [0.1, 0.15) is 5.01 Å². The lowest BCUT2D eigenvalue weighted by Gasteiger charge is -1.96. The third-order valence-electron chi connectivity index (χ3n) is 2.91. The van der Waals surface area contributed by atoms with Gasteiger partial charge in [-0.25, -0.2) is 9.50 Å². The van der Waals surface area contributed by atoms with Gasteiger partial charge in [0.05, 0.1) is 6.54 Å². The zero-order valence-electron chi connectivity index (χ0n) is 10.9. The van der Waals surface area contributed by atoms with Crippen LogP contribution in [0.3, 0.4) is 0 Å². The largest absolute Gasteiger partial charge is 0.346 e. The van der Waals surface area contributed by atoms with Crippen LogP contribution in [-0.2, 0) is 13.0 Å². The molecule has 0 radical (unpaired) electrons. The maximum atomic E-state index is 4.47. The molecule has 0 aliphatic heterocycles. The average Bonchev–Trinajstić information content (AvgIpc) is 3.03. The molecular weight excluding hydrogens is 258 g/mol. The summed E-state index contributed by atoms with van der Waals surface area (Å²) in [7, 11) is 0. The number of hydrogen-bond acceptors (Lipinski definition) is 5. The smallest absolute Gasteiger partial charge is 0.243 e. The molecule has 1 N–H and O–H groups in total. The minimum atomic E-state index is 0.641. The Kier molecular flexibility index (Phi) is 3.16. The van der Waals surface area contributed by atoms with Gasteiger partial charge in [-0.05, 0) is 25.0 Å². The van der Waals surface area contributed by atoms with Crippen LogP contribution >= 0.6 is 11.3 Å². The molecule has 0 unspecified atom stereocenters. The number of nitrogens with one attached hydrogen (secondary N) is 1. The lowest BCUT2D eigenvalue weighted by molar-refractivity contribution is 0.944. The molecule has 0 saturated heterocycles. The first kappa shape index (κ1) is 12.1. The Morgan fingerprint density at radius 2 is 2.32 bits per heavy atom. The molecule has 3 rings (SSSR count). The summed E-state index contributed by atoms with van der Waals surface area (Å²) in [6.07, 6.45) is 4.87. The summed E-state index contributed by atoms with van der Waals surface area (Å²) in [5, 5.41) is 8.67. The highest BCUT2D eigenvalue weighted by molar-refractivity contribution is 7.11. The van der Waals surface area contributed by atoms with Gasteiger partial charge in [0, 0.05) is 17.3 Å². The first-order valence-corrected chi connectivity index (χ1v) is 7.07. The van der Waals surface area contributed by atoms with E-state index < -0.39 is 0 Å². The van der Waals surface area contributed by atoms with E-state index in [0.717, 1.165) is 22.6 Å². The highest BCUT2D eigenvalue weighted by Gasteiger charge is 2.06. The molecule has 0 bridgehead atoms. The van der Waals surface area contributed by atoms with Gasteiger partial charge in [-0.15, -0.1) is 16.4 Å². The summed E-state index contributed by atoms with van der Waals surface area (Å²) in [6, 6.07) is 4.00. The Morgan fingerprint density at radius 1 is 1.42 bits per heavy atom. The highest BCUT2D eigenvalue weighted by atomic mass is 32.1. The maximum absolute atomic E-state index is 4.47. The van der Waals surface area contributed by atoms with Crippen molar-refractivity contribution < 1.29 is 0 Å². The quantitative estimate of drug-likeness (QED) is 0.794. The summed E-state index contributed by atoms with van der Waals surface area (Å²) in [5.41, 5.74) is 2.00. The van der Waals surface area contributed by atoms with Crippen molar-refractivity contribution in [1.82, 2.24) is 19.6 Å². The van der Waals surface area contributed by atoms with Crippen molar-refractivity contribution in [3.63, 3.8) is 0 Å². The summed E-state index contributed by atoms with van der Waals surface area (Å²) < 4.78 is 1.79. The molecule has 0 amide bonds. The number of fused-ring (bicyclic) bond motifs is 1. The van der Waals surface area contributed by atoms with E-state index in [1.54, 1.807) is 15.9 Å². The zero-order chi connectivity index (χ0) is 13.2. The zero-order valence-corrected chi connectivity index (χ0v) is 11.7. The summed E-state index contributed by atoms with van der Waals surface area (Å²) in [6.45, 7) is 4.83. The second-order valence-corrected chi connectivity index (χ2v) is 5.52. The van der Waals surface area contributed by atoms with Crippen molar-refractivity contribution in [3.8, 4) is 0 Å². The van der Waals surface area contributed by atoms with Crippen molar-refractivity contribution in [1.29, 1.82) is 0 Å². The molecular formula is C13H15N5S. The van der Waals surface area contributed by atoms with Crippen molar-refractivity contribution in [2.75, 3.05) is 5.32 Å². The number of rotatable bonds is 4. The van der Waals surface area contributed by atoms with Crippen molar-refractivity contribution >= 4 is 22.9 Å². The Morgan fingerprint density at radius 3 is 3.05 bits per heavy atom. The molecule has 0 atom stereocenters. The fraction of sp³-hybridized carbons (Fsp3) is 0.308. The number of hydrogen-bond donors (Lipinski definition) is 1. The number of pyridine rings is 1. The van der Waals surface area contributed by atoms with E-state index in [1.165, 1.54) is 4.88 Å². The van der Waals surface area contributed by atoms with Crippen molar-refractivity contribution in [3.05, 3.63) is 40.0 Å².